The van der Waals surface area contributed by atoms with E-state index in [0.717, 1.165) is 11.6 Å². The number of nitrogens with one attached hydrogen (secondary N) is 1. The van der Waals surface area contributed by atoms with Crippen LogP contribution in [0.2, 0.25) is 0 Å². The molecule has 3 rings (SSSR count). The van der Waals surface area contributed by atoms with Crippen molar-refractivity contribution < 1.29 is 0 Å². The second-order valence-corrected chi connectivity index (χ2v) is 5.04. The Balaban J connectivity index is 1.89. The predicted molar refractivity (Wildman–Crippen MR) is 70.0 cm³/mol. The lowest BCUT2D eigenvalue weighted by Crippen LogP contribution is -2.28. The molecular weight excluding hydrogens is 210 g/mol. The molecule has 1 N–H and O–H groups in total. The van der Waals surface area contributed by atoms with E-state index in [1.165, 1.54) is 43.3 Å². The summed E-state index contributed by atoms with van der Waals surface area (Å²) in [5.74, 6) is 0.835. The van der Waals surface area contributed by atoms with E-state index in [0.29, 0.717) is 0 Å². The Bertz CT molecular complexity index is 509. The molecule has 0 amide bonds. The van der Waals surface area contributed by atoms with Crippen LogP contribution < -0.4 is 5.32 Å². The quantitative estimate of drug-likeness (QED) is 0.855. The number of pyridine rings is 1. The van der Waals surface area contributed by atoms with Gasteiger partial charge in [0, 0.05) is 24.8 Å². The van der Waals surface area contributed by atoms with Gasteiger partial charge in [-0.3, -0.25) is 0 Å². The van der Waals surface area contributed by atoms with Crippen molar-refractivity contribution >= 4 is 11.0 Å². The van der Waals surface area contributed by atoms with E-state index >= 15 is 0 Å². The largest absolute Gasteiger partial charge is 0.335 e. The van der Waals surface area contributed by atoms with E-state index in [1.54, 1.807) is 0 Å². The Morgan fingerprint density at radius 1 is 1.41 bits per heavy atom. The van der Waals surface area contributed by atoms with Gasteiger partial charge in [-0.05, 0) is 56.0 Å². The molecule has 2 aromatic rings. The second-order valence-electron chi connectivity index (χ2n) is 5.04. The summed E-state index contributed by atoms with van der Waals surface area (Å²) in [5.41, 5.74) is 2.57. The fourth-order valence-electron chi connectivity index (χ4n) is 2.85. The van der Waals surface area contributed by atoms with Gasteiger partial charge in [0.15, 0.2) is 0 Å². The maximum atomic E-state index is 4.45. The van der Waals surface area contributed by atoms with Crippen molar-refractivity contribution in [2.45, 2.75) is 19.3 Å². The molecule has 0 aromatic carbocycles. The standard InChI is InChI=1S/C14H19N3/c1-17-10-12(9-11-4-7-15-8-5-11)13-3-2-6-16-14(13)17/h2-3,6,10-11,15H,4-5,7-9H2,1H3. The van der Waals surface area contributed by atoms with Crippen molar-refractivity contribution in [3.8, 4) is 0 Å². The van der Waals surface area contributed by atoms with E-state index in [4.69, 9.17) is 0 Å². The summed E-state index contributed by atoms with van der Waals surface area (Å²) in [5, 5.41) is 4.75. The molecule has 0 saturated carbocycles. The third-order valence-electron chi connectivity index (χ3n) is 3.78. The molecule has 0 unspecified atom stereocenters. The molecule has 1 aliphatic rings. The third kappa shape index (κ3) is 2.07. The van der Waals surface area contributed by atoms with Crippen molar-refractivity contribution in [1.82, 2.24) is 14.9 Å². The van der Waals surface area contributed by atoms with Gasteiger partial charge in [0.1, 0.15) is 5.65 Å². The molecule has 1 fully saturated rings. The van der Waals surface area contributed by atoms with E-state index in [9.17, 15) is 0 Å². The molecule has 3 heterocycles. The van der Waals surface area contributed by atoms with Gasteiger partial charge in [0.25, 0.3) is 0 Å². The number of rotatable bonds is 2. The molecule has 0 radical (unpaired) electrons. The van der Waals surface area contributed by atoms with E-state index < -0.39 is 0 Å². The van der Waals surface area contributed by atoms with E-state index in [1.807, 2.05) is 12.3 Å². The number of piperidine rings is 1. The SMILES string of the molecule is Cn1cc(CC2CCNCC2)c2cccnc21. The van der Waals surface area contributed by atoms with Crippen molar-refractivity contribution in [3.63, 3.8) is 0 Å². The number of nitrogens with zero attached hydrogens (tertiary/aromatic N) is 2. The molecule has 3 nitrogen and oxygen atoms in total. The number of hydrogen-bond acceptors (Lipinski definition) is 2. The monoisotopic (exact) mass is 229 g/mol. The first kappa shape index (κ1) is 10.8. The lowest BCUT2D eigenvalue weighted by atomic mass is 9.91. The van der Waals surface area contributed by atoms with Crippen LogP contribution in [-0.4, -0.2) is 22.6 Å². The molecule has 0 aliphatic carbocycles. The fraction of sp³-hybridized carbons (Fsp3) is 0.500. The first-order valence-corrected chi connectivity index (χ1v) is 6.44. The first-order valence-electron chi connectivity index (χ1n) is 6.44. The van der Waals surface area contributed by atoms with Gasteiger partial charge in [-0.15, -0.1) is 0 Å². The van der Waals surface area contributed by atoms with Gasteiger partial charge < -0.3 is 9.88 Å². The summed E-state index contributed by atoms with van der Waals surface area (Å²) < 4.78 is 2.14. The van der Waals surface area contributed by atoms with Gasteiger partial charge in [-0.25, -0.2) is 4.98 Å². The molecule has 90 valence electrons. The highest BCUT2D eigenvalue weighted by molar-refractivity contribution is 5.80. The average molecular weight is 229 g/mol. The van der Waals surface area contributed by atoms with Crippen LogP contribution in [0.25, 0.3) is 11.0 Å². The van der Waals surface area contributed by atoms with Gasteiger partial charge in [-0.2, -0.15) is 0 Å². The van der Waals surface area contributed by atoms with Crippen LogP contribution in [0.15, 0.2) is 24.5 Å². The zero-order valence-corrected chi connectivity index (χ0v) is 10.3. The highest BCUT2D eigenvalue weighted by atomic mass is 15.0. The fourth-order valence-corrected chi connectivity index (χ4v) is 2.85. The van der Waals surface area contributed by atoms with Crippen molar-refractivity contribution in [1.29, 1.82) is 0 Å². The molecule has 3 heteroatoms. The highest BCUT2D eigenvalue weighted by Crippen LogP contribution is 2.24. The van der Waals surface area contributed by atoms with Crippen LogP contribution in [0, 0.1) is 5.92 Å². The van der Waals surface area contributed by atoms with Gasteiger partial charge in [-0.1, -0.05) is 0 Å². The third-order valence-corrected chi connectivity index (χ3v) is 3.78. The number of aromatic nitrogens is 2. The second kappa shape index (κ2) is 4.49. The Hall–Kier alpha value is -1.35. The number of fused-ring (bicyclic) bond motifs is 1. The first-order chi connectivity index (χ1) is 8.34. The van der Waals surface area contributed by atoms with E-state index in [2.05, 4.69) is 34.2 Å². The van der Waals surface area contributed by atoms with Crippen LogP contribution in [0.3, 0.4) is 0 Å². The van der Waals surface area contributed by atoms with Crippen molar-refractivity contribution in [2.75, 3.05) is 13.1 Å². The molecule has 0 spiro atoms. The maximum Gasteiger partial charge on any atom is 0.139 e. The summed E-state index contributed by atoms with van der Waals surface area (Å²) in [6.45, 7) is 2.35. The highest BCUT2D eigenvalue weighted by Gasteiger charge is 2.16. The Morgan fingerprint density at radius 3 is 3.06 bits per heavy atom. The van der Waals surface area contributed by atoms with Gasteiger partial charge in [0.05, 0.1) is 0 Å². The summed E-state index contributed by atoms with van der Waals surface area (Å²) >= 11 is 0. The molecule has 0 atom stereocenters. The van der Waals surface area contributed by atoms with E-state index in [-0.39, 0.29) is 0 Å². The lowest BCUT2D eigenvalue weighted by Gasteiger charge is -2.22. The summed E-state index contributed by atoms with van der Waals surface area (Å²) in [7, 11) is 2.08. The molecule has 0 bridgehead atoms. The Labute approximate surface area is 102 Å². The summed E-state index contributed by atoms with van der Waals surface area (Å²) in [4.78, 5) is 4.45. The molecular formula is C14H19N3. The summed E-state index contributed by atoms with van der Waals surface area (Å²) in [6, 6.07) is 4.23. The molecule has 1 saturated heterocycles. The minimum atomic E-state index is 0.835. The van der Waals surface area contributed by atoms with Crippen molar-refractivity contribution in [2.24, 2.45) is 13.0 Å². The smallest absolute Gasteiger partial charge is 0.139 e. The van der Waals surface area contributed by atoms with Crippen LogP contribution in [0.5, 0.6) is 0 Å². The maximum absolute atomic E-state index is 4.45. The molecule has 17 heavy (non-hydrogen) atoms. The minimum absolute atomic E-state index is 0.835. The summed E-state index contributed by atoms with van der Waals surface area (Å²) in [6.07, 6.45) is 7.92. The van der Waals surface area contributed by atoms with Crippen molar-refractivity contribution in [3.05, 3.63) is 30.1 Å². The predicted octanol–water partition coefficient (Wildman–Crippen LogP) is 2.12. The Kier molecular flexibility index (Phi) is 2.85. The van der Waals surface area contributed by atoms with Gasteiger partial charge in [0.2, 0.25) is 0 Å². The average Bonchev–Trinajstić information content (AvgIpc) is 2.69. The molecule has 1 aliphatic heterocycles. The zero-order valence-electron chi connectivity index (χ0n) is 10.3. The Morgan fingerprint density at radius 2 is 2.24 bits per heavy atom. The topological polar surface area (TPSA) is 29.9 Å². The normalized spacial score (nSPS) is 17.7. The van der Waals surface area contributed by atoms with Gasteiger partial charge >= 0.3 is 0 Å². The van der Waals surface area contributed by atoms with Crippen LogP contribution in [-0.2, 0) is 13.5 Å². The lowest BCUT2D eigenvalue weighted by molar-refractivity contribution is 0.373. The van der Waals surface area contributed by atoms with Crippen LogP contribution >= 0.6 is 0 Å². The number of hydrogen-bond donors (Lipinski definition) is 1. The minimum Gasteiger partial charge on any atom is -0.335 e. The molecule has 2 aromatic heterocycles. The zero-order chi connectivity index (χ0) is 11.7. The van der Waals surface area contributed by atoms with Crippen LogP contribution in [0.1, 0.15) is 18.4 Å². The van der Waals surface area contributed by atoms with Crippen LogP contribution in [0.4, 0.5) is 0 Å². The number of aryl methyl sites for hydroxylation is 1.